The van der Waals surface area contributed by atoms with Crippen LogP contribution in [0.4, 0.5) is 39.8 Å². The van der Waals surface area contributed by atoms with Crippen LogP contribution in [0.5, 0.6) is 0 Å². The second-order valence-electron chi connectivity index (χ2n) is 18.2. The Bertz CT molecular complexity index is 4290. The number of hydrogen-bond acceptors (Lipinski definition) is 20. The monoisotopic (exact) mass is 1160 g/mol. The molecule has 4 N–H and O–H groups in total. The highest BCUT2D eigenvalue weighted by atomic mass is 32.2. The number of thiazole rings is 2. The van der Waals surface area contributed by atoms with Gasteiger partial charge in [-0.15, -0.1) is 10.2 Å². The van der Waals surface area contributed by atoms with Crippen molar-refractivity contribution in [3.63, 3.8) is 0 Å². The number of anilines is 3. The highest BCUT2D eigenvalue weighted by Crippen LogP contribution is 2.42. The van der Waals surface area contributed by atoms with Crippen LogP contribution in [-0.4, -0.2) is 27.1 Å². The zero-order valence-corrected chi connectivity index (χ0v) is 47.2. The molecule has 23 heteroatoms. The maximum atomic E-state index is 11.9. The third kappa shape index (κ3) is 11.6. The quantitative estimate of drug-likeness (QED) is 0.0184. The van der Waals surface area contributed by atoms with Gasteiger partial charge in [-0.3, -0.25) is 10.1 Å². The number of nitrogens with two attached hydrogens (primary N) is 2. The lowest BCUT2D eigenvalue weighted by Gasteiger charge is -2.13. The lowest BCUT2D eigenvalue weighted by molar-refractivity contribution is -0.777. The topological polar surface area (TPSA) is 253 Å². The largest absolute Gasteiger partial charge is 0.744 e. The van der Waals surface area contributed by atoms with Gasteiger partial charge in [0, 0.05) is 53.0 Å². The predicted octanol–water partition coefficient (Wildman–Crippen LogP) is 12.5. The van der Waals surface area contributed by atoms with E-state index >= 15 is 0 Å². The standard InChI is InChI=1S/C32H24N6O6S2.C25H24N3O3S3/c33-31-25-7-3-1-5-23(25)29(45-44-43-39)17-27(31)37-35-21-13-9-19(10-14-21)20-11-15-22(16-12-20)36-38-28-18-30(46(40,41)42)24-6-2-4-8-26(24)32(28)34;1-15-6-12-20-23(22(15)34-31-30-29)33-25(28(20)5)17-9-13-19-21(14-17)32-24(27(19)4)16-7-10-18(11-8-16)26(2)3/h1-18,39H,33-34H2,(H,40,41,42);6-14H,1-5H3/q;+1/p-2. The molecule has 0 fully saturated rings. The normalized spacial score (nSPS) is 11.9. The molecule has 2 heterocycles. The molecule has 2 aromatic heterocycles. The molecule has 11 rings (SSSR count). The number of hydrogen-bond donors (Lipinski definition) is 2. The second-order valence-corrected chi connectivity index (χ2v) is 23.0. The summed E-state index contributed by atoms with van der Waals surface area (Å²) in [5.41, 5.74) is 23.5. The van der Waals surface area contributed by atoms with Crippen molar-refractivity contribution in [3.8, 4) is 32.3 Å². The molecule has 0 saturated carbocycles. The molecule has 0 atom stereocenters. The molecule has 0 unspecified atom stereocenters. The average molecular weight is 1160 g/mol. The van der Waals surface area contributed by atoms with Gasteiger partial charge in [0.05, 0.1) is 67.8 Å². The van der Waals surface area contributed by atoms with Crippen molar-refractivity contribution in [2.45, 2.75) is 21.6 Å². The first-order valence-corrected chi connectivity index (χ1v) is 28.7. The molecule has 9 aromatic carbocycles. The van der Waals surface area contributed by atoms with E-state index in [0.717, 1.165) is 83.3 Å². The first-order chi connectivity index (χ1) is 38.6. The van der Waals surface area contributed by atoms with E-state index in [1.807, 2.05) is 61.5 Å². The van der Waals surface area contributed by atoms with Gasteiger partial charge in [-0.05, 0) is 102 Å². The number of nitrogens with zero attached hydrogens (tertiary/aromatic N) is 7. The number of fused-ring (bicyclic) bond motifs is 4. The van der Waals surface area contributed by atoms with E-state index in [4.69, 9.17) is 11.5 Å². The molecule has 11 aromatic rings. The molecule has 0 aliphatic carbocycles. The molecular weight excluding hydrogens is 1120 g/mol. The Hall–Kier alpha value is -7.75. The van der Waals surface area contributed by atoms with Crippen LogP contribution in [0, 0.1) is 6.92 Å². The summed E-state index contributed by atoms with van der Waals surface area (Å²) in [5.74, 6) is 0. The number of nitrogen functional groups attached to an aromatic ring is 2. The van der Waals surface area contributed by atoms with Crippen molar-refractivity contribution in [1.29, 1.82) is 0 Å². The maximum Gasteiger partial charge on any atom is 0.269 e. The van der Waals surface area contributed by atoms with Gasteiger partial charge in [0.1, 0.15) is 45.0 Å². The van der Waals surface area contributed by atoms with E-state index in [0.29, 0.717) is 33.0 Å². The van der Waals surface area contributed by atoms with Gasteiger partial charge in [-0.2, -0.15) is 28.0 Å². The van der Waals surface area contributed by atoms with Crippen LogP contribution in [0.1, 0.15) is 5.56 Å². The molecule has 0 bridgehead atoms. The van der Waals surface area contributed by atoms with Gasteiger partial charge in [0.2, 0.25) is 11.0 Å². The molecule has 0 radical (unpaired) electrons. The van der Waals surface area contributed by atoms with E-state index in [1.165, 1.54) is 32.5 Å². The fourth-order valence-electron chi connectivity index (χ4n) is 8.99. The third-order valence-electron chi connectivity index (χ3n) is 13.1. The molecule has 80 heavy (non-hydrogen) atoms. The van der Waals surface area contributed by atoms with Gasteiger partial charge >= 0.3 is 0 Å². The summed E-state index contributed by atoms with van der Waals surface area (Å²) in [4.78, 5) is 3.19. The second kappa shape index (κ2) is 23.9. The number of aryl methyl sites for hydroxylation is 3. The third-order valence-corrected chi connectivity index (χ3v) is 18.1. The van der Waals surface area contributed by atoms with Gasteiger partial charge in [-0.1, -0.05) is 102 Å². The fraction of sp³-hybridized carbons (Fsp3) is 0.0877. The first kappa shape index (κ1) is 55.6. The minimum Gasteiger partial charge on any atom is -0.744 e. The number of benzene rings is 9. The van der Waals surface area contributed by atoms with E-state index in [9.17, 15) is 23.5 Å². The molecule has 0 spiro atoms. The Morgan fingerprint density at radius 1 is 0.562 bits per heavy atom. The van der Waals surface area contributed by atoms with E-state index in [-0.39, 0.29) is 16.8 Å². The summed E-state index contributed by atoms with van der Waals surface area (Å²) in [6.07, 6.45) is 0. The zero-order chi connectivity index (χ0) is 56.2. The number of aromatic nitrogens is 2. The van der Waals surface area contributed by atoms with Crippen molar-refractivity contribution in [2.75, 3.05) is 30.5 Å². The lowest BCUT2D eigenvalue weighted by atomic mass is 10.1. The smallest absolute Gasteiger partial charge is 0.269 e. The molecule has 0 aliphatic rings. The first-order valence-electron chi connectivity index (χ1n) is 24.1. The van der Waals surface area contributed by atoms with Gasteiger partial charge in [-0.25, -0.2) is 8.42 Å². The van der Waals surface area contributed by atoms with Gasteiger partial charge in [0.25, 0.3) is 10.0 Å². The Kier molecular flexibility index (Phi) is 16.6. The van der Waals surface area contributed by atoms with Crippen LogP contribution in [-0.2, 0) is 43.0 Å². The van der Waals surface area contributed by atoms with Crippen molar-refractivity contribution in [3.05, 3.63) is 169 Å². The van der Waals surface area contributed by atoms with Crippen LogP contribution in [0.15, 0.2) is 199 Å². The van der Waals surface area contributed by atoms with Crippen molar-refractivity contribution in [2.24, 2.45) is 34.6 Å². The summed E-state index contributed by atoms with van der Waals surface area (Å²) in [6, 6.07) is 50.6. The van der Waals surface area contributed by atoms with Crippen LogP contribution < -0.4 is 36.0 Å². The van der Waals surface area contributed by atoms with E-state index in [2.05, 4.69) is 130 Å². The van der Waals surface area contributed by atoms with Crippen LogP contribution in [0.2, 0.25) is 0 Å². The number of rotatable bonds is 15. The van der Waals surface area contributed by atoms with Crippen molar-refractivity contribution >= 4 is 139 Å². The van der Waals surface area contributed by atoms with Crippen molar-refractivity contribution in [1.82, 2.24) is 0 Å². The Morgan fingerprint density at radius 2 is 1.06 bits per heavy atom. The summed E-state index contributed by atoms with van der Waals surface area (Å²) in [5, 5.41) is 49.3. The summed E-state index contributed by atoms with van der Waals surface area (Å²) in [7, 11) is 3.53. The molecule has 18 nitrogen and oxygen atoms in total. The zero-order valence-electron chi connectivity index (χ0n) is 43.1. The predicted molar refractivity (Wildman–Crippen MR) is 310 cm³/mol. The number of azo groups is 2. The minimum absolute atomic E-state index is 0.0761. The van der Waals surface area contributed by atoms with Gasteiger partial charge < -0.3 is 31.4 Å². The summed E-state index contributed by atoms with van der Waals surface area (Å²) >= 11 is 5.20. The molecule has 0 aliphatic heterocycles. The van der Waals surface area contributed by atoms with Crippen LogP contribution >= 0.6 is 46.8 Å². The Morgan fingerprint density at radius 3 is 1.65 bits per heavy atom. The molecular formula is C57H46N9O9S5-. The molecule has 0 saturated heterocycles. The van der Waals surface area contributed by atoms with Crippen LogP contribution in [0.25, 0.3) is 74.2 Å². The average Bonchev–Trinajstić information content (AvgIpc) is 3.99. The highest BCUT2D eigenvalue weighted by molar-refractivity contribution is 7.95. The van der Waals surface area contributed by atoms with E-state index in [1.54, 1.807) is 71.2 Å². The van der Waals surface area contributed by atoms with E-state index < -0.39 is 15.0 Å². The van der Waals surface area contributed by atoms with Gasteiger partial charge in [0.15, 0.2) is 0 Å². The Labute approximate surface area is 475 Å². The van der Waals surface area contributed by atoms with Crippen LogP contribution in [0.3, 0.4) is 0 Å². The Balaban J connectivity index is 0.000000188. The molecule has 0 amide bonds. The van der Waals surface area contributed by atoms with Crippen molar-refractivity contribution < 1.29 is 51.4 Å². The fourth-order valence-corrected chi connectivity index (χ4v) is 13.4. The SMILES string of the molecule is Cc1ccc2c(sc(-c3ccc4c(c3)sc(-c3ccc(N(C)C)cc3)[n+]4C)[n+]2C)c1SOO[O-].Nc1c(N=Nc2ccc(-c3ccc(N=Nc4cc(S(=O)(=O)[O-])c5ccccc5c4N)cc3)cc2)cc(SOO[O-])c2ccccc12. The molecule has 404 valence electrons. The minimum atomic E-state index is -4.77. The maximum absolute atomic E-state index is 11.9. The highest BCUT2D eigenvalue weighted by Gasteiger charge is 2.26. The summed E-state index contributed by atoms with van der Waals surface area (Å²) < 4.78 is 51.6. The summed E-state index contributed by atoms with van der Waals surface area (Å²) in [6.45, 7) is 2.00. The lowest BCUT2D eigenvalue weighted by Crippen LogP contribution is -2.29.